The maximum atomic E-state index is 12.1. The number of carbonyl (C=O) groups is 2. The summed E-state index contributed by atoms with van der Waals surface area (Å²) in [6.07, 6.45) is 0. The van der Waals surface area contributed by atoms with E-state index in [1.165, 1.54) is 11.3 Å². The van der Waals surface area contributed by atoms with Gasteiger partial charge < -0.3 is 10.4 Å². The standard InChI is InChI=1S/C16H17NO3S/c1-9-4-6-12(8-10(9)2)14(16(19)20)17-15(18)13-7-5-11(3)21-13/h4-8,14H,1-3H3,(H,17,18)(H,19,20). The van der Waals surface area contributed by atoms with Gasteiger partial charge in [0.05, 0.1) is 4.88 Å². The summed E-state index contributed by atoms with van der Waals surface area (Å²) in [4.78, 5) is 25.1. The minimum atomic E-state index is -1.07. The number of thiophene rings is 1. The van der Waals surface area contributed by atoms with Gasteiger partial charge in [-0.25, -0.2) is 4.79 Å². The Morgan fingerprint density at radius 2 is 1.81 bits per heavy atom. The molecule has 1 aromatic carbocycles. The zero-order valence-corrected chi connectivity index (χ0v) is 13.0. The van der Waals surface area contributed by atoms with Gasteiger partial charge in [0.1, 0.15) is 0 Å². The van der Waals surface area contributed by atoms with Crippen LogP contribution in [-0.4, -0.2) is 17.0 Å². The molecule has 0 bridgehead atoms. The van der Waals surface area contributed by atoms with E-state index >= 15 is 0 Å². The fraction of sp³-hybridized carbons (Fsp3) is 0.250. The molecule has 2 N–H and O–H groups in total. The molecular formula is C16H17NO3S. The first-order valence-corrected chi connectivity index (χ1v) is 7.37. The van der Waals surface area contributed by atoms with Gasteiger partial charge in [0, 0.05) is 4.88 Å². The Hall–Kier alpha value is -2.14. The highest BCUT2D eigenvalue weighted by atomic mass is 32.1. The zero-order valence-electron chi connectivity index (χ0n) is 12.1. The molecule has 1 atom stereocenters. The summed E-state index contributed by atoms with van der Waals surface area (Å²) in [5.74, 6) is -1.43. The van der Waals surface area contributed by atoms with Crippen LogP contribution in [0.4, 0.5) is 0 Å². The Morgan fingerprint density at radius 1 is 1.10 bits per heavy atom. The second-order valence-corrected chi connectivity index (χ2v) is 6.29. The average Bonchev–Trinajstić information content (AvgIpc) is 2.85. The highest BCUT2D eigenvalue weighted by molar-refractivity contribution is 7.13. The number of carbonyl (C=O) groups excluding carboxylic acids is 1. The molecule has 1 unspecified atom stereocenters. The smallest absolute Gasteiger partial charge is 0.330 e. The number of aliphatic carboxylic acids is 1. The van der Waals surface area contributed by atoms with Gasteiger partial charge in [-0.3, -0.25) is 4.79 Å². The van der Waals surface area contributed by atoms with Crippen molar-refractivity contribution < 1.29 is 14.7 Å². The third-order valence-corrected chi connectivity index (χ3v) is 4.35. The van der Waals surface area contributed by atoms with Crippen molar-refractivity contribution >= 4 is 23.2 Å². The molecule has 4 nitrogen and oxygen atoms in total. The molecule has 1 heterocycles. The summed E-state index contributed by atoms with van der Waals surface area (Å²) in [6.45, 7) is 5.78. The summed E-state index contributed by atoms with van der Waals surface area (Å²) in [5, 5.41) is 12.0. The minimum absolute atomic E-state index is 0.362. The largest absolute Gasteiger partial charge is 0.479 e. The fourth-order valence-corrected chi connectivity index (χ4v) is 2.76. The Balaban J connectivity index is 2.25. The average molecular weight is 303 g/mol. The van der Waals surface area contributed by atoms with Crippen LogP contribution in [0.15, 0.2) is 30.3 Å². The van der Waals surface area contributed by atoms with Crippen molar-refractivity contribution in [1.29, 1.82) is 0 Å². The van der Waals surface area contributed by atoms with Crippen LogP contribution < -0.4 is 5.32 Å². The van der Waals surface area contributed by atoms with Gasteiger partial charge >= 0.3 is 5.97 Å². The van der Waals surface area contributed by atoms with E-state index in [0.29, 0.717) is 10.4 Å². The van der Waals surface area contributed by atoms with Gasteiger partial charge in [0.2, 0.25) is 0 Å². The van der Waals surface area contributed by atoms with Gasteiger partial charge in [0.25, 0.3) is 5.91 Å². The number of carboxylic acid groups (broad SMARTS) is 1. The topological polar surface area (TPSA) is 66.4 Å². The number of amides is 1. The molecule has 1 aromatic heterocycles. The number of hydrogen-bond acceptors (Lipinski definition) is 3. The van der Waals surface area contributed by atoms with Crippen molar-refractivity contribution in [2.75, 3.05) is 0 Å². The first-order valence-electron chi connectivity index (χ1n) is 6.55. The molecule has 5 heteroatoms. The maximum Gasteiger partial charge on any atom is 0.330 e. The van der Waals surface area contributed by atoms with Gasteiger partial charge in [-0.1, -0.05) is 18.2 Å². The molecular weight excluding hydrogens is 286 g/mol. The van der Waals surface area contributed by atoms with Crippen LogP contribution in [0.25, 0.3) is 0 Å². The first kappa shape index (κ1) is 15.3. The third-order valence-electron chi connectivity index (χ3n) is 3.35. The van der Waals surface area contributed by atoms with E-state index in [1.807, 2.05) is 32.9 Å². The Labute approximate surface area is 127 Å². The number of nitrogens with one attached hydrogen (secondary N) is 1. The number of hydrogen-bond donors (Lipinski definition) is 2. The monoisotopic (exact) mass is 303 g/mol. The lowest BCUT2D eigenvalue weighted by Gasteiger charge is -2.15. The molecule has 0 spiro atoms. The summed E-state index contributed by atoms with van der Waals surface area (Å²) in [5.41, 5.74) is 2.66. The number of carboxylic acids is 1. The van der Waals surface area contributed by atoms with Crippen LogP contribution in [0.1, 0.15) is 37.3 Å². The van der Waals surface area contributed by atoms with Crippen molar-refractivity contribution in [3.8, 4) is 0 Å². The SMILES string of the molecule is Cc1ccc(C(=O)NC(C(=O)O)c2ccc(C)c(C)c2)s1. The first-order chi connectivity index (χ1) is 9.88. The molecule has 110 valence electrons. The van der Waals surface area contributed by atoms with Crippen molar-refractivity contribution in [3.63, 3.8) is 0 Å². The quantitative estimate of drug-likeness (QED) is 0.911. The maximum absolute atomic E-state index is 12.1. The molecule has 2 aromatic rings. The van der Waals surface area contributed by atoms with Gasteiger partial charge in [-0.05, 0) is 49.6 Å². The van der Waals surface area contributed by atoms with Crippen molar-refractivity contribution in [3.05, 3.63) is 56.8 Å². The van der Waals surface area contributed by atoms with Crippen molar-refractivity contribution in [2.45, 2.75) is 26.8 Å². The Kier molecular flexibility index (Phi) is 4.43. The molecule has 0 fully saturated rings. The van der Waals surface area contributed by atoms with Crippen LogP contribution in [0.5, 0.6) is 0 Å². The zero-order chi connectivity index (χ0) is 15.6. The predicted octanol–water partition coefficient (Wildman–Crippen LogP) is 3.23. The summed E-state index contributed by atoms with van der Waals surface area (Å²) in [7, 11) is 0. The molecule has 0 saturated carbocycles. The molecule has 1 amide bonds. The lowest BCUT2D eigenvalue weighted by Crippen LogP contribution is -2.33. The van der Waals surface area contributed by atoms with E-state index in [-0.39, 0.29) is 5.91 Å². The van der Waals surface area contributed by atoms with Crippen LogP contribution in [0.2, 0.25) is 0 Å². The Morgan fingerprint density at radius 3 is 2.33 bits per heavy atom. The molecule has 0 aliphatic rings. The van der Waals surface area contributed by atoms with E-state index in [0.717, 1.165) is 16.0 Å². The van der Waals surface area contributed by atoms with Crippen LogP contribution in [0, 0.1) is 20.8 Å². The van der Waals surface area contributed by atoms with Crippen LogP contribution in [0.3, 0.4) is 0 Å². The van der Waals surface area contributed by atoms with E-state index in [4.69, 9.17) is 0 Å². The van der Waals surface area contributed by atoms with E-state index in [1.54, 1.807) is 18.2 Å². The summed E-state index contributed by atoms with van der Waals surface area (Å²) < 4.78 is 0. The summed E-state index contributed by atoms with van der Waals surface area (Å²) >= 11 is 1.35. The van der Waals surface area contributed by atoms with Crippen LogP contribution in [-0.2, 0) is 4.79 Å². The summed E-state index contributed by atoms with van der Waals surface area (Å²) in [6, 6.07) is 7.90. The molecule has 0 radical (unpaired) electrons. The second-order valence-electron chi connectivity index (χ2n) is 5.00. The van der Waals surface area contributed by atoms with E-state index < -0.39 is 12.0 Å². The van der Waals surface area contributed by atoms with E-state index in [2.05, 4.69) is 5.32 Å². The highest BCUT2D eigenvalue weighted by Gasteiger charge is 2.23. The van der Waals surface area contributed by atoms with Crippen molar-refractivity contribution in [1.82, 2.24) is 5.32 Å². The van der Waals surface area contributed by atoms with Gasteiger partial charge in [0.15, 0.2) is 6.04 Å². The molecule has 0 aliphatic carbocycles. The second kappa shape index (κ2) is 6.10. The number of aryl methyl sites for hydroxylation is 3. The minimum Gasteiger partial charge on any atom is -0.479 e. The molecule has 21 heavy (non-hydrogen) atoms. The lowest BCUT2D eigenvalue weighted by atomic mass is 10.0. The van der Waals surface area contributed by atoms with E-state index in [9.17, 15) is 14.7 Å². The molecule has 2 rings (SSSR count). The van der Waals surface area contributed by atoms with Crippen molar-refractivity contribution in [2.24, 2.45) is 0 Å². The van der Waals surface area contributed by atoms with Gasteiger partial charge in [-0.15, -0.1) is 11.3 Å². The molecule has 0 aliphatic heterocycles. The number of benzene rings is 1. The highest BCUT2D eigenvalue weighted by Crippen LogP contribution is 2.20. The number of rotatable bonds is 4. The fourth-order valence-electron chi connectivity index (χ4n) is 1.99. The lowest BCUT2D eigenvalue weighted by molar-refractivity contribution is -0.139. The van der Waals surface area contributed by atoms with Gasteiger partial charge in [-0.2, -0.15) is 0 Å². The molecule has 0 saturated heterocycles. The Bertz CT molecular complexity index is 691. The van der Waals surface area contributed by atoms with Crippen LogP contribution >= 0.6 is 11.3 Å². The third kappa shape index (κ3) is 3.49. The normalized spacial score (nSPS) is 12.0. The predicted molar refractivity (Wildman–Crippen MR) is 82.8 cm³/mol.